The molecule has 1 radical (unpaired) electrons. The van der Waals surface area contributed by atoms with E-state index in [2.05, 4.69) is 0 Å². The van der Waals surface area contributed by atoms with Crippen molar-refractivity contribution in [2.75, 3.05) is 0 Å². The fraction of sp³-hybridized carbons (Fsp3) is 0.500. The first-order chi connectivity index (χ1) is 1.41. The van der Waals surface area contributed by atoms with Gasteiger partial charge in [0, 0.05) is 6.92 Å². The van der Waals surface area contributed by atoms with Crippen LogP contribution in [-0.2, 0) is 4.79 Å². The van der Waals surface area contributed by atoms with Gasteiger partial charge in [-0.2, -0.15) is 0 Å². The normalized spacial score (nSPS) is 3.25. The van der Waals surface area contributed by atoms with Gasteiger partial charge >= 0.3 is 45.5 Å². The Labute approximate surface area is 62.7 Å². The first-order valence-corrected chi connectivity index (χ1v) is 0.704. The van der Waals surface area contributed by atoms with Crippen LogP contribution in [0.1, 0.15) is 6.92 Å². The van der Waals surface area contributed by atoms with Gasteiger partial charge in [-0.1, -0.05) is 0 Å². The molecule has 0 saturated carbocycles. The van der Waals surface area contributed by atoms with Crippen molar-refractivity contribution in [1.29, 1.82) is 0 Å². The van der Waals surface area contributed by atoms with E-state index in [9.17, 15) is 0 Å². The molecule has 0 aromatic heterocycles. The van der Waals surface area contributed by atoms with E-state index >= 15 is 0 Å². The van der Waals surface area contributed by atoms with Crippen molar-refractivity contribution in [1.82, 2.24) is 0 Å². The summed E-state index contributed by atoms with van der Waals surface area (Å²) in [6, 6.07) is 0. The summed E-state index contributed by atoms with van der Waals surface area (Å²) in [6.45, 7) is 1.32. The van der Waals surface area contributed by atoms with Gasteiger partial charge in [0.15, 0.2) is 6.29 Å². The van der Waals surface area contributed by atoms with E-state index in [0.29, 0.717) is 0 Å². The Morgan fingerprint density at radius 3 is 1.75 bits per heavy atom. The third-order valence-electron chi connectivity index (χ3n) is 0. The van der Waals surface area contributed by atoms with Gasteiger partial charge in [-0.25, -0.2) is 0 Å². The Balaban J connectivity index is 0. The van der Waals surface area contributed by atoms with Gasteiger partial charge in [0.1, 0.15) is 0 Å². The minimum absolute atomic E-state index is 0. The van der Waals surface area contributed by atoms with Gasteiger partial charge in [0.2, 0.25) is 0 Å². The number of carbonyl (C=O) groups excluding carboxylic acids is 1. The summed E-state index contributed by atoms with van der Waals surface area (Å²) in [5.41, 5.74) is 0. The van der Waals surface area contributed by atoms with Crippen LogP contribution in [0.4, 0.5) is 0 Å². The topological polar surface area (TPSA) is 17.1 Å². The molecular formula is C2H5OSr. The fourth-order valence-electron chi connectivity index (χ4n) is 0. The molecule has 0 aliphatic rings. The molecule has 0 aliphatic heterocycles. The number of rotatable bonds is 0. The first-order valence-electron chi connectivity index (χ1n) is 0.704. The molecule has 2 heteroatoms. The van der Waals surface area contributed by atoms with Crippen molar-refractivity contribution in [3.8, 4) is 0 Å². The van der Waals surface area contributed by atoms with Crippen molar-refractivity contribution in [2.24, 2.45) is 0 Å². The third kappa shape index (κ3) is 11.0. The molecule has 0 heterocycles. The monoisotopic (exact) mass is 133 g/mol. The van der Waals surface area contributed by atoms with Gasteiger partial charge in [-0.05, 0) is 0 Å². The molecule has 0 fully saturated rings. The van der Waals surface area contributed by atoms with E-state index in [1.54, 1.807) is 0 Å². The summed E-state index contributed by atoms with van der Waals surface area (Å²) in [5.74, 6) is 0. The maximum atomic E-state index is 8.68. The van der Waals surface area contributed by atoms with Crippen LogP contribution >= 0.6 is 0 Å². The van der Waals surface area contributed by atoms with E-state index in [0.717, 1.165) is 0 Å². The Kier molecular flexibility index (Phi) is 19.9. The molecule has 0 amide bonds. The molecule has 0 rings (SSSR count). The summed E-state index contributed by atoms with van der Waals surface area (Å²) in [6.07, 6.45) is 1.50. The predicted octanol–water partition coefficient (Wildman–Crippen LogP) is -0.800. The molecule has 0 atom stereocenters. The first kappa shape index (κ1) is 8.94. The molecular weight excluding hydrogens is 128 g/mol. The SMILES string of the molecule is C[C]=O.[SrH2]. The predicted molar refractivity (Wildman–Crippen MR) is 19.9 cm³/mol. The van der Waals surface area contributed by atoms with Crippen molar-refractivity contribution >= 4 is 51.8 Å². The van der Waals surface area contributed by atoms with Gasteiger partial charge < -0.3 is 0 Å². The second-order valence-corrected chi connectivity index (χ2v) is 0.204. The molecule has 0 saturated heterocycles. The average Bonchev–Trinajstić information content (AvgIpc) is 0.918. The van der Waals surface area contributed by atoms with E-state index < -0.39 is 0 Å². The molecule has 4 heavy (non-hydrogen) atoms. The van der Waals surface area contributed by atoms with Gasteiger partial charge in [0.25, 0.3) is 0 Å². The second-order valence-electron chi connectivity index (χ2n) is 0.204. The van der Waals surface area contributed by atoms with Crippen LogP contribution in [0.25, 0.3) is 0 Å². The molecule has 1 nitrogen and oxygen atoms in total. The second kappa shape index (κ2) is 8.91. The Morgan fingerprint density at radius 1 is 1.75 bits per heavy atom. The van der Waals surface area contributed by atoms with Crippen LogP contribution in [0.15, 0.2) is 0 Å². The zero-order valence-electron chi connectivity index (χ0n) is 1.91. The molecule has 0 N–H and O–H groups in total. The van der Waals surface area contributed by atoms with Crippen molar-refractivity contribution in [2.45, 2.75) is 6.92 Å². The van der Waals surface area contributed by atoms with Crippen molar-refractivity contribution < 1.29 is 4.79 Å². The van der Waals surface area contributed by atoms with E-state index in [1.165, 1.54) is 13.2 Å². The molecule has 0 bridgehead atoms. The van der Waals surface area contributed by atoms with Crippen LogP contribution in [0.2, 0.25) is 0 Å². The Morgan fingerprint density at radius 2 is 1.75 bits per heavy atom. The number of hydrogen-bond donors (Lipinski definition) is 0. The summed E-state index contributed by atoms with van der Waals surface area (Å²) in [5, 5.41) is 0. The van der Waals surface area contributed by atoms with E-state index in [4.69, 9.17) is 4.79 Å². The molecule has 0 aliphatic carbocycles. The van der Waals surface area contributed by atoms with Crippen molar-refractivity contribution in [3.05, 3.63) is 0 Å². The zero-order chi connectivity index (χ0) is 2.71. The molecule has 0 aromatic carbocycles. The summed E-state index contributed by atoms with van der Waals surface area (Å²) in [7, 11) is 0. The quantitative estimate of drug-likeness (QED) is 0.395. The van der Waals surface area contributed by atoms with Crippen LogP contribution in [-0.4, -0.2) is 51.8 Å². The van der Waals surface area contributed by atoms with Crippen LogP contribution in [0.3, 0.4) is 0 Å². The average molecular weight is 133 g/mol. The summed E-state index contributed by atoms with van der Waals surface area (Å²) < 4.78 is 0. The van der Waals surface area contributed by atoms with Gasteiger partial charge in [-0.3, -0.25) is 4.79 Å². The number of hydrogen-bond acceptors (Lipinski definition) is 1. The summed E-state index contributed by atoms with van der Waals surface area (Å²) in [4.78, 5) is 8.68. The van der Waals surface area contributed by atoms with Crippen molar-refractivity contribution in [3.63, 3.8) is 0 Å². The fourth-order valence-corrected chi connectivity index (χ4v) is 0. The Hall–Kier alpha value is 1.15. The summed E-state index contributed by atoms with van der Waals surface area (Å²) >= 11 is 0. The molecule has 0 spiro atoms. The minimum atomic E-state index is 0. The van der Waals surface area contributed by atoms with Crippen LogP contribution in [0, 0.1) is 0 Å². The Bertz CT molecular complexity index is 13.5. The van der Waals surface area contributed by atoms with Crippen LogP contribution in [0.5, 0.6) is 0 Å². The molecule has 0 unspecified atom stereocenters. The van der Waals surface area contributed by atoms with Gasteiger partial charge in [-0.15, -0.1) is 0 Å². The van der Waals surface area contributed by atoms with Gasteiger partial charge in [0.05, 0.1) is 0 Å². The van der Waals surface area contributed by atoms with E-state index in [1.807, 2.05) is 0 Å². The maximum absolute atomic E-state index is 8.68. The standard InChI is InChI=1S/C2H3O.Sr.2H/c1-2-3;;;/h1H3;;;. The zero-order valence-corrected chi connectivity index (χ0v) is 1.91. The molecule has 0 aromatic rings. The van der Waals surface area contributed by atoms with Crippen LogP contribution < -0.4 is 0 Å². The third-order valence-corrected chi connectivity index (χ3v) is 0. The van der Waals surface area contributed by atoms with E-state index in [-0.39, 0.29) is 45.5 Å². The molecule has 21 valence electrons.